The predicted molar refractivity (Wildman–Crippen MR) is 115 cm³/mol. The highest BCUT2D eigenvalue weighted by Gasteiger charge is 2.24. The third-order valence-electron chi connectivity index (χ3n) is 4.51. The summed E-state index contributed by atoms with van der Waals surface area (Å²) in [5, 5.41) is 2.89. The summed E-state index contributed by atoms with van der Waals surface area (Å²) in [4.78, 5) is 15.1. The van der Waals surface area contributed by atoms with Crippen LogP contribution in [0, 0.1) is 0 Å². The zero-order valence-corrected chi connectivity index (χ0v) is 18.4. The fraction of sp³-hybridized carbons (Fsp3) is 0.381. The standard InChI is InChI=1S/C21H29N3O4S/c1-6-24(7-2)29(26,27)17-12-13-20(28-5)18(14-17)21(25)22-19-11-9-8-10-16(19)15-23(3)4/h8-14H,6-7,15H2,1-5H3,(H,22,25). The Morgan fingerprint density at radius 2 is 1.72 bits per heavy atom. The van der Waals surface area contributed by atoms with Gasteiger partial charge in [0.1, 0.15) is 5.75 Å². The summed E-state index contributed by atoms with van der Waals surface area (Å²) in [7, 11) is 1.66. The highest BCUT2D eigenvalue weighted by Crippen LogP contribution is 2.26. The summed E-state index contributed by atoms with van der Waals surface area (Å²) in [6.07, 6.45) is 0. The lowest BCUT2D eigenvalue weighted by molar-refractivity contribution is 0.102. The van der Waals surface area contributed by atoms with Gasteiger partial charge < -0.3 is 15.0 Å². The molecule has 0 aromatic heterocycles. The van der Waals surface area contributed by atoms with Gasteiger partial charge in [0, 0.05) is 25.3 Å². The van der Waals surface area contributed by atoms with Crippen molar-refractivity contribution in [1.29, 1.82) is 0 Å². The number of hydrogen-bond acceptors (Lipinski definition) is 5. The zero-order valence-electron chi connectivity index (χ0n) is 17.6. The van der Waals surface area contributed by atoms with Crippen molar-refractivity contribution in [3.8, 4) is 5.75 Å². The minimum Gasteiger partial charge on any atom is -0.496 e. The van der Waals surface area contributed by atoms with Gasteiger partial charge in [-0.3, -0.25) is 4.79 Å². The van der Waals surface area contributed by atoms with Gasteiger partial charge in [0.05, 0.1) is 17.6 Å². The minimum absolute atomic E-state index is 0.0636. The van der Waals surface area contributed by atoms with Crippen LogP contribution in [0.25, 0.3) is 0 Å². The molecule has 0 unspecified atom stereocenters. The van der Waals surface area contributed by atoms with E-state index in [9.17, 15) is 13.2 Å². The molecule has 0 saturated heterocycles. The van der Waals surface area contributed by atoms with E-state index >= 15 is 0 Å². The van der Waals surface area contributed by atoms with Crippen LogP contribution >= 0.6 is 0 Å². The second-order valence-corrected chi connectivity index (χ2v) is 8.74. The van der Waals surface area contributed by atoms with Gasteiger partial charge in [0.25, 0.3) is 5.91 Å². The third kappa shape index (κ3) is 5.35. The van der Waals surface area contributed by atoms with E-state index in [-0.39, 0.29) is 10.5 Å². The van der Waals surface area contributed by atoms with Gasteiger partial charge in [-0.1, -0.05) is 32.0 Å². The van der Waals surface area contributed by atoms with E-state index in [4.69, 9.17) is 4.74 Å². The molecule has 0 aliphatic carbocycles. The van der Waals surface area contributed by atoms with Crippen molar-refractivity contribution >= 4 is 21.6 Å². The second-order valence-electron chi connectivity index (χ2n) is 6.80. The lowest BCUT2D eigenvalue weighted by Crippen LogP contribution is -2.30. The molecular formula is C21H29N3O4S. The molecule has 7 nitrogen and oxygen atoms in total. The zero-order chi connectivity index (χ0) is 21.6. The number of methoxy groups -OCH3 is 1. The molecule has 0 spiro atoms. The van der Waals surface area contributed by atoms with Crippen LogP contribution < -0.4 is 10.1 Å². The number of anilines is 1. The summed E-state index contributed by atoms with van der Waals surface area (Å²) in [5.74, 6) is -0.115. The monoisotopic (exact) mass is 419 g/mol. The summed E-state index contributed by atoms with van der Waals surface area (Å²) in [6.45, 7) is 4.91. The van der Waals surface area contributed by atoms with Gasteiger partial charge >= 0.3 is 0 Å². The molecule has 2 aromatic carbocycles. The van der Waals surface area contributed by atoms with E-state index in [1.807, 2.05) is 43.3 Å². The Kier molecular flexibility index (Phi) is 7.78. The lowest BCUT2D eigenvalue weighted by atomic mass is 10.1. The molecule has 0 radical (unpaired) electrons. The van der Waals surface area contributed by atoms with E-state index in [1.165, 1.54) is 29.6 Å². The van der Waals surface area contributed by atoms with Crippen molar-refractivity contribution in [1.82, 2.24) is 9.21 Å². The second kappa shape index (κ2) is 9.87. The molecule has 0 aliphatic rings. The van der Waals surface area contributed by atoms with Crippen LogP contribution in [0.4, 0.5) is 5.69 Å². The Hall–Kier alpha value is -2.42. The summed E-state index contributed by atoms with van der Waals surface area (Å²) >= 11 is 0. The Morgan fingerprint density at radius 1 is 1.07 bits per heavy atom. The molecule has 0 bridgehead atoms. The first-order valence-corrected chi connectivity index (χ1v) is 10.9. The molecular weight excluding hydrogens is 390 g/mol. The molecule has 0 aliphatic heterocycles. The average molecular weight is 420 g/mol. The highest BCUT2D eigenvalue weighted by molar-refractivity contribution is 7.89. The molecule has 8 heteroatoms. The van der Waals surface area contributed by atoms with Crippen LogP contribution in [-0.4, -0.2) is 57.8 Å². The van der Waals surface area contributed by atoms with Crippen LogP contribution in [0.5, 0.6) is 5.75 Å². The maximum atomic E-state index is 13.0. The number of nitrogens with zero attached hydrogens (tertiary/aromatic N) is 2. The normalized spacial score (nSPS) is 11.7. The Balaban J connectivity index is 2.43. The molecule has 1 amide bonds. The van der Waals surface area contributed by atoms with Crippen molar-refractivity contribution in [2.75, 3.05) is 39.6 Å². The molecule has 0 fully saturated rings. The van der Waals surface area contributed by atoms with E-state index in [0.29, 0.717) is 31.1 Å². The van der Waals surface area contributed by atoms with Crippen molar-refractivity contribution in [2.24, 2.45) is 0 Å². The van der Waals surface area contributed by atoms with E-state index in [0.717, 1.165) is 5.56 Å². The van der Waals surface area contributed by atoms with Crippen molar-refractivity contribution in [3.63, 3.8) is 0 Å². The van der Waals surface area contributed by atoms with Crippen molar-refractivity contribution in [3.05, 3.63) is 53.6 Å². The number of nitrogens with one attached hydrogen (secondary N) is 1. The lowest BCUT2D eigenvalue weighted by Gasteiger charge is -2.20. The van der Waals surface area contributed by atoms with Gasteiger partial charge in [-0.25, -0.2) is 8.42 Å². The van der Waals surface area contributed by atoms with Crippen molar-refractivity contribution in [2.45, 2.75) is 25.3 Å². The first-order chi connectivity index (χ1) is 13.7. The number of rotatable bonds is 9. The molecule has 2 aromatic rings. The van der Waals surface area contributed by atoms with Gasteiger partial charge in [0.15, 0.2) is 0 Å². The number of carbonyl (C=O) groups is 1. The van der Waals surface area contributed by atoms with Gasteiger partial charge in [0.2, 0.25) is 10.0 Å². The largest absolute Gasteiger partial charge is 0.496 e. The van der Waals surface area contributed by atoms with Crippen LogP contribution in [-0.2, 0) is 16.6 Å². The molecule has 29 heavy (non-hydrogen) atoms. The first kappa shape index (κ1) is 22.9. The van der Waals surface area contributed by atoms with Gasteiger partial charge in [-0.05, 0) is 43.9 Å². The fourth-order valence-electron chi connectivity index (χ4n) is 3.05. The predicted octanol–water partition coefficient (Wildman–Crippen LogP) is 3.04. The van der Waals surface area contributed by atoms with Gasteiger partial charge in [-0.15, -0.1) is 0 Å². The Labute approximate surface area is 173 Å². The van der Waals surface area contributed by atoms with Crippen LogP contribution in [0.1, 0.15) is 29.8 Å². The van der Waals surface area contributed by atoms with E-state index in [1.54, 1.807) is 13.8 Å². The van der Waals surface area contributed by atoms with E-state index in [2.05, 4.69) is 5.32 Å². The smallest absolute Gasteiger partial charge is 0.259 e. The maximum Gasteiger partial charge on any atom is 0.259 e. The number of hydrogen-bond donors (Lipinski definition) is 1. The van der Waals surface area contributed by atoms with E-state index < -0.39 is 15.9 Å². The minimum atomic E-state index is -3.69. The molecule has 0 saturated carbocycles. The quantitative estimate of drug-likeness (QED) is 0.676. The number of benzene rings is 2. The third-order valence-corrected chi connectivity index (χ3v) is 6.56. The summed E-state index contributed by atoms with van der Waals surface area (Å²) < 4.78 is 32.4. The first-order valence-electron chi connectivity index (χ1n) is 9.46. The number of carbonyl (C=O) groups excluding carboxylic acids is 1. The fourth-order valence-corrected chi connectivity index (χ4v) is 4.53. The van der Waals surface area contributed by atoms with Gasteiger partial charge in [-0.2, -0.15) is 4.31 Å². The molecule has 2 rings (SSSR count). The maximum absolute atomic E-state index is 13.0. The number of ether oxygens (including phenoxy) is 1. The molecule has 0 atom stereocenters. The molecule has 0 heterocycles. The number of sulfonamides is 1. The van der Waals surface area contributed by atoms with Crippen LogP contribution in [0.2, 0.25) is 0 Å². The Bertz CT molecular complexity index is 954. The summed E-state index contributed by atoms with van der Waals surface area (Å²) in [5.41, 5.74) is 1.79. The Morgan fingerprint density at radius 3 is 2.31 bits per heavy atom. The number of para-hydroxylation sites is 1. The highest BCUT2D eigenvalue weighted by atomic mass is 32.2. The van der Waals surface area contributed by atoms with Crippen LogP contribution in [0.3, 0.4) is 0 Å². The SMILES string of the molecule is CCN(CC)S(=O)(=O)c1ccc(OC)c(C(=O)Nc2ccccc2CN(C)C)c1. The van der Waals surface area contributed by atoms with Crippen LogP contribution in [0.15, 0.2) is 47.4 Å². The average Bonchev–Trinajstić information content (AvgIpc) is 2.69. The summed E-state index contributed by atoms with van der Waals surface area (Å²) in [6, 6.07) is 11.9. The molecule has 158 valence electrons. The van der Waals surface area contributed by atoms with Crippen molar-refractivity contribution < 1.29 is 17.9 Å². The molecule has 1 N–H and O–H groups in total. The topological polar surface area (TPSA) is 78.9 Å². The number of amides is 1.